The fraction of sp³-hybridized carbons (Fsp3) is 0.622. The van der Waals surface area contributed by atoms with Crippen LogP contribution < -0.4 is 5.32 Å². The molecule has 11 heteroatoms. The standard InChI is InChI=1S/C37H52BrN3O7/c1-7-11-18-28(43)39-24(6)31(25-16-14-13-15-17-25)47-36(46)29-30-34(44)41(27(22-42)23(5)10-4)33(37(30)21-26(38)32(29)48-37)35(45)40(19-9-3)20-12-8-2/h7,9,13-17,23-24,26-27,29-33,42H,1,3,8,10-12,18-22H2,2,4-6H3,(H,39,43)/t23-,24-,26?,27-,29+,30-,31-,32+,33+,37-/m0/s1. The number of unbranched alkanes of at least 4 members (excludes halogenated alkanes) is 1. The highest BCUT2D eigenvalue weighted by Crippen LogP contribution is 2.61. The van der Waals surface area contributed by atoms with Crippen LogP contribution in [-0.4, -0.2) is 93.0 Å². The van der Waals surface area contributed by atoms with Gasteiger partial charge in [-0.2, -0.15) is 0 Å². The number of esters is 1. The SMILES string of the molecule is C=CCCC(=O)N[C@@H](C)[C@H](OC(=O)[C@H]1[C@@H]2O[C@@]3(CC2Br)[C@@H]1C(=O)N([C@@H](CO)[C@@H](C)CC)[C@@H]3C(=O)N(CC=C)CCCC)c1ccccc1. The van der Waals surface area contributed by atoms with Gasteiger partial charge in [0.2, 0.25) is 17.7 Å². The normalized spacial score (nSPS) is 28.2. The zero-order valence-electron chi connectivity index (χ0n) is 28.7. The molecule has 0 aliphatic carbocycles. The molecule has 2 bridgehead atoms. The summed E-state index contributed by atoms with van der Waals surface area (Å²) in [6.45, 7) is 15.7. The van der Waals surface area contributed by atoms with Gasteiger partial charge in [0.15, 0.2) is 0 Å². The Bertz CT molecular complexity index is 1330. The number of likely N-dealkylation sites (tertiary alicyclic amines) is 1. The van der Waals surface area contributed by atoms with Crippen LogP contribution in [0.25, 0.3) is 0 Å². The minimum atomic E-state index is -1.30. The summed E-state index contributed by atoms with van der Waals surface area (Å²) in [6, 6.07) is 6.91. The average molecular weight is 731 g/mol. The molecule has 1 spiro atoms. The number of halogens is 1. The van der Waals surface area contributed by atoms with Crippen molar-refractivity contribution in [1.29, 1.82) is 0 Å². The van der Waals surface area contributed by atoms with Crippen LogP contribution in [0.5, 0.6) is 0 Å². The second kappa shape index (κ2) is 16.6. The van der Waals surface area contributed by atoms with Crippen molar-refractivity contribution in [3.63, 3.8) is 0 Å². The monoisotopic (exact) mass is 729 g/mol. The fourth-order valence-electron chi connectivity index (χ4n) is 7.70. The Labute approximate surface area is 293 Å². The molecule has 3 saturated heterocycles. The summed E-state index contributed by atoms with van der Waals surface area (Å²) >= 11 is 3.74. The van der Waals surface area contributed by atoms with Crippen molar-refractivity contribution < 1.29 is 33.8 Å². The Morgan fingerprint density at radius 1 is 1.21 bits per heavy atom. The summed E-state index contributed by atoms with van der Waals surface area (Å²) in [7, 11) is 0. The van der Waals surface area contributed by atoms with Crippen LogP contribution in [0.1, 0.15) is 77.9 Å². The van der Waals surface area contributed by atoms with E-state index >= 15 is 0 Å². The quantitative estimate of drug-likeness (QED) is 0.127. The third-order valence-corrected chi connectivity index (χ3v) is 11.2. The molecule has 3 amide bonds. The molecule has 10 nitrogen and oxygen atoms in total. The molecule has 2 N–H and O–H groups in total. The number of rotatable bonds is 18. The number of allylic oxidation sites excluding steroid dienone is 1. The molecule has 1 aromatic rings. The van der Waals surface area contributed by atoms with E-state index in [-0.39, 0.29) is 41.5 Å². The number of nitrogens with one attached hydrogen (secondary N) is 1. The van der Waals surface area contributed by atoms with Gasteiger partial charge in [0.25, 0.3) is 0 Å². The molecule has 264 valence electrons. The van der Waals surface area contributed by atoms with Gasteiger partial charge in [-0.3, -0.25) is 19.2 Å². The van der Waals surface area contributed by atoms with Crippen LogP contribution in [0.2, 0.25) is 0 Å². The molecule has 0 radical (unpaired) electrons. The molecular weight excluding hydrogens is 678 g/mol. The Morgan fingerprint density at radius 3 is 2.52 bits per heavy atom. The van der Waals surface area contributed by atoms with E-state index < -0.39 is 53.7 Å². The lowest BCUT2D eigenvalue weighted by Gasteiger charge is -2.41. The van der Waals surface area contributed by atoms with Crippen molar-refractivity contribution in [2.24, 2.45) is 17.8 Å². The minimum absolute atomic E-state index is 0.122. The lowest BCUT2D eigenvalue weighted by atomic mass is 9.70. The molecular formula is C37H52BrN3O7. The zero-order chi connectivity index (χ0) is 35.2. The Morgan fingerprint density at radius 2 is 1.92 bits per heavy atom. The number of carbonyl (C=O) groups excluding carboxylic acids is 4. The first-order valence-electron chi connectivity index (χ1n) is 17.3. The number of amides is 3. The van der Waals surface area contributed by atoms with Crippen LogP contribution in [0, 0.1) is 17.8 Å². The number of carbonyl (C=O) groups is 4. The van der Waals surface area contributed by atoms with Crippen molar-refractivity contribution in [2.45, 2.75) is 107 Å². The van der Waals surface area contributed by atoms with E-state index in [4.69, 9.17) is 9.47 Å². The van der Waals surface area contributed by atoms with Crippen molar-refractivity contribution in [2.75, 3.05) is 19.7 Å². The number of hydrogen-bond donors (Lipinski definition) is 2. The molecule has 3 heterocycles. The van der Waals surface area contributed by atoms with Gasteiger partial charge >= 0.3 is 5.97 Å². The third-order valence-electron chi connectivity index (χ3n) is 10.3. The molecule has 3 aliphatic heterocycles. The summed E-state index contributed by atoms with van der Waals surface area (Å²) in [4.78, 5) is 59.3. The minimum Gasteiger partial charge on any atom is -0.455 e. The predicted octanol–water partition coefficient (Wildman–Crippen LogP) is 4.71. The van der Waals surface area contributed by atoms with Crippen LogP contribution >= 0.6 is 15.9 Å². The Kier molecular flexibility index (Phi) is 13.1. The van der Waals surface area contributed by atoms with Gasteiger partial charge < -0.3 is 29.7 Å². The van der Waals surface area contributed by atoms with Crippen molar-refractivity contribution in [1.82, 2.24) is 15.1 Å². The number of benzene rings is 1. The third kappa shape index (κ3) is 7.28. The summed E-state index contributed by atoms with van der Waals surface area (Å²) in [5.41, 5.74) is -0.604. The van der Waals surface area contributed by atoms with Crippen molar-refractivity contribution >= 4 is 39.6 Å². The van der Waals surface area contributed by atoms with Crippen LogP contribution in [0.3, 0.4) is 0 Å². The summed E-state index contributed by atoms with van der Waals surface area (Å²) in [5.74, 6) is -3.59. The molecule has 4 rings (SSSR count). The first-order chi connectivity index (χ1) is 23.0. The highest BCUT2D eigenvalue weighted by molar-refractivity contribution is 9.09. The number of hydrogen-bond acceptors (Lipinski definition) is 7. The molecule has 0 aromatic heterocycles. The Hall–Kier alpha value is -3.02. The summed E-state index contributed by atoms with van der Waals surface area (Å²) in [5, 5.41) is 13.6. The van der Waals surface area contributed by atoms with Gasteiger partial charge in [0.1, 0.15) is 17.7 Å². The molecule has 0 saturated carbocycles. The van der Waals surface area contributed by atoms with Crippen molar-refractivity contribution in [3.8, 4) is 0 Å². The summed E-state index contributed by atoms with van der Waals surface area (Å²) < 4.78 is 13.0. The predicted molar refractivity (Wildman–Crippen MR) is 187 cm³/mol. The zero-order valence-corrected chi connectivity index (χ0v) is 30.3. The van der Waals surface area contributed by atoms with E-state index in [9.17, 15) is 24.3 Å². The Balaban J connectivity index is 1.74. The second-order valence-electron chi connectivity index (χ2n) is 13.4. The summed E-state index contributed by atoms with van der Waals surface area (Å²) in [6.07, 6.45) is 5.21. The number of nitrogens with zero attached hydrogens (tertiary/aromatic N) is 2. The van der Waals surface area contributed by atoms with Crippen LogP contribution in [-0.2, 0) is 28.7 Å². The van der Waals surface area contributed by atoms with E-state index in [0.717, 1.165) is 12.8 Å². The maximum Gasteiger partial charge on any atom is 0.313 e. The van der Waals surface area contributed by atoms with Crippen molar-refractivity contribution in [3.05, 3.63) is 61.2 Å². The smallest absolute Gasteiger partial charge is 0.313 e. The number of alkyl halides is 1. The van der Waals surface area contributed by atoms with E-state index in [1.165, 1.54) is 4.90 Å². The largest absolute Gasteiger partial charge is 0.455 e. The molecule has 10 atom stereocenters. The lowest BCUT2D eigenvalue weighted by Crippen LogP contribution is -2.60. The molecule has 1 aromatic carbocycles. The fourth-order valence-corrected chi connectivity index (χ4v) is 8.64. The van der Waals surface area contributed by atoms with Gasteiger partial charge in [-0.15, -0.1) is 13.2 Å². The first kappa shape index (κ1) is 37.8. The van der Waals surface area contributed by atoms with Gasteiger partial charge in [0, 0.05) is 24.3 Å². The number of aliphatic hydroxyl groups excluding tert-OH is 1. The lowest BCUT2D eigenvalue weighted by molar-refractivity contribution is -0.163. The molecule has 3 fully saturated rings. The van der Waals surface area contributed by atoms with Gasteiger partial charge in [-0.1, -0.05) is 92.0 Å². The van der Waals surface area contributed by atoms with E-state index in [0.29, 0.717) is 37.9 Å². The molecule has 1 unspecified atom stereocenters. The first-order valence-corrected chi connectivity index (χ1v) is 18.2. The van der Waals surface area contributed by atoms with Gasteiger partial charge in [-0.25, -0.2) is 0 Å². The average Bonchev–Trinajstić information content (AvgIpc) is 3.68. The number of fused-ring (bicyclic) bond motifs is 1. The maximum atomic E-state index is 14.7. The van der Waals surface area contributed by atoms with E-state index in [1.54, 1.807) is 24.0 Å². The van der Waals surface area contributed by atoms with Gasteiger partial charge in [-0.05, 0) is 37.7 Å². The highest BCUT2D eigenvalue weighted by Gasteiger charge is 2.77. The molecule has 3 aliphatic rings. The maximum absolute atomic E-state index is 14.7. The second-order valence-corrected chi connectivity index (χ2v) is 14.6. The van der Waals surface area contributed by atoms with Crippen LogP contribution in [0.4, 0.5) is 0 Å². The highest BCUT2D eigenvalue weighted by atomic mass is 79.9. The van der Waals surface area contributed by atoms with E-state index in [2.05, 4.69) is 34.4 Å². The molecule has 48 heavy (non-hydrogen) atoms. The topological polar surface area (TPSA) is 125 Å². The number of ether oxygens (including phenoxy) is 2. The van der Waals surface area contributed by atoms with E-state index in [1.807, 2.05) is 51.1 Å². The van der Waals surface area contributed by atoms with Crippen LogP contribution in [0.15, 0.2) is 55.6 Å². The number of aliphatic hydroxyl groups is 1. The van der Waals surface area contributed by atoms with Gasteiger partial charge in [0.05, 0.1) is 36.6 Å².